The highest BCUT2D eigenvalue weighted by molar-refractivity contribution is 7.09. The normalized spacial score (nSPS) is 23.8. The molecule has 3 N–H and O–H groups in total. The van der Waals surface area contributed by atoms with Crippen molar-refractivity contribution in [3.8, 4) is 0 Å². The summed E-state index contributed by atoms with van der Waals surface area (Å²) in [7, 11) is 0. The Labute approximate surface area is 152 Å². The summed E-state index contributed by atoms with van der Waals surface area (Å²) in [5, 5.41) is 26.4. The SMILES string of the molecule is CCCNC(=O)N1CCC(O)(c2csc(CN3CC[C@@H](O)C3)n2)CC1. The minimum atomic E-state index is -0.944. The summed E-state index contributed by atoms with van der Waals surface area (Å²) < 4.78 is 0. The maximum absolute atomic E-state index is 12.0. The fourth-order valence-electron chi connectivity index (χ4n) is 3.42. The van der Waals surface area contributed by atoms with Gasteiger partial charge in [0.2, 0.25) is 0 Å². The maximum atomic E-state index is 12.0. The van der Waals surface area contributed by atoms with Gasteiger partial charge in [0.25, 0.3) is 0 Å². The van der Waals surface area contributed by atoms with Gasteiger partial charge >= 0.3 is 6.03 Å². The van der Waals surface area contributed by atoms with Crippen LogP contribution in [0.3, 0.4) is 0 Å². The van der Waals surface area contributed by atoms with Crippen LogP contribution in [-0.2, 0) is 12.1 Å². The van der Waals surface area contributed by atoms with Crippen molar-refractivity contribution in [2.24, 2.45) is 0 Å². The Morgan fingerprint density at radius 2 is 2.20 bits per heavy atom. The number of aliphatic hydroxyl groups is 2. The van der Waals surface area contributed by atoms with Gasteiger partial charge in [-0.15, -0.1) is 11.3 Å². The Morgan fingerprint density at radius 3 is 2.84 bits per heavy atom. The fraction of sp³-hybridized carbons (Fsp3) is 0.765. The summed E-state index contributed by atoms with van der Waals surface area (Å²) >= 11 is 1.56. The summed E-state index contributed by atoms with van der Waals surface area (Å²) in [5.74, 6) is 0. The molecule has 3 heterocycles. The molecule has 8 heteroatoms. The van der Waals surface area contributed by atoms with E-state index in [0.717, 1.165) is 36.6 Å². The number of urea groups is 1. The molecular weight excluding hydrogens is 340 g/mol. The number of carbonyl (C=O) groups excluding carboxylic acids is 1. The van der Waals surface area contributed by atoms with E-state index in [-0.39, 0.29) is 12.1 Å². The van der Waals surface area contributed by atoms with Crippen molar-refractivity contribution >= 4 is 17.4 Å². The van der Waals surface area contributed by atoms with Gasteiger partial charge in [-0.05, 0) is 25.7 Å². The molecule has 0 spiro atoms. The molecule has 2 aliphatic rings. The third kappa shape index (κ3) is 4.49. The molecule has 1 aromatic rings. The third-order valence-corrected chi connectivity index (χ3v) is 5.87. The molecule has 2 amide bonds. The predicted molar refractivity (Wildman–Crippen MR) is 96.4 cm³/mol. The van der Waals surface area contributed by atoms with E-state index in [0.29, 0.717) is 39.0 Å². The van der Waals surface area contributed by atoms with E-state index < -0.39 is 5.60 Å². The zero-order valence-electron chi connectivity index (χ0n) is 14.8. The Hall–Kier alpha value is -1.22. The Kier molecular flexibility index (Phi) is 5.93. The molecule has 0 radical (unpaired) electrons. The third-order valence-electron chi connectivity index (χ3n) is 5.04. The standard InChI is InChI=1S/C17H28N4O3S/c1-2-6-18-16(23)21-8-4-17(24,5-9-21)14-12-25-15(19-14)11-20-7-3-13(22)10-20/h12-13,22,24H,2-11H2,1H3,(H,18,23)/t13-/m1/s1. The van der Waals surface area contributed by atoms with Crippen LogP contribution >= 0.6 is 11.3 Å². The summed E-state index contributed by atoms with van der Waals surface area (Å²) in [6.07, 6.45) is 2.53. The summed E-state index contributed by atoms with van der Waals surface area (Å²) in [4.78, 5) is 20.6. The monoisotopic (exact) mass is 368 g/mol. The van der Waals surface area contributed by atoms with E-state index in [1.165, 1.54) is 0 Å². The highest BCUT2D eigenvalue weighted by atomic mass is 32.1. The number of piperidine rings is 1. The number of aliphatic hydroxyl groups excluding tert-OH is 1. The Bertz CT molecular complexity index is 586. The number of rotatable bonds is 5. The quantitative estimate of drug-likeness (QED) is 0.725. The van der Waals surface area contributed by atoms with Crippen LogP contribution in [0.25, 0.3) is 0 Å². The number of likely N-dealkylation sites (tertiary alicyclic amines) is 2. The largest absolute Gasteiger partial charge is 0.392 e. The van der Waals surface area contributed by atoms with E-state index in [2.05, 4.69) is 15.2 Å². The van der Waals surface area contributed by atoms with Gasteiger partial charge in [-0.25, -0.2) is 9.78 Å². The minimum absolute atomic E-state index is 0.0459. The highest BCUT2D eigenvalue weighted by Gasteiger charge is 2.37. The lowest BCUT2D eigenvalue weighted by Crippen LogP contribution is -2.49. The van der Waals surface area contributed by atoms with Gasteiger partial charge in [-0.3, -0.25) is 4.90 Å². The van der Waals surface area contributed by atoms with Gasteiger partial charge < -0.3 is 20.4 Å². The fourth-order valence-corrected chi connectivity index (χ4v) is 4.35. The van der Waals surface area contributed by atoms with Gasteiger partial charge in [-0.1, -0.05) is 6.92 Å². The molecule has 2 fully saturated rings. The first-order valence-corrected chi connectivity index (χ1v) is 9.98. The number of thiazole rings is 1. The Balaban J connectivity index is 1.54. The number of hydrogen-bond acceptors (Lipinski definition) is 6. The van der Waals surface area contributed by atoms with Crippen molar-refractivity contribution in [2.45, 2.75) is 50.9 Å². The van der Waals surface area contributed by atoms with Crippen LogP contribution in [-0.4, -0.2) is 69.9 Å². The second-order valence-corrected chi connectivity index (χ2v) is 8.00. The van der Waals surface area contributed by atoms with E-state index >= 15 is 0 Å². The van der Waals surface area contributed by atoms with E-state index in [4.69, 9.17) is 0 Å². The van der Waals surface area contributed by atoms with Gasteiger partial charge in [0.15, 0.2) is 0 Å². The molecule has 140 valence electrons. The molecule has 0 bridgehead atoms. The lowest BCUT2D eigenvalue weighted by Gasteiger charge is -2.37. The first-order valence-electron chi connectivity index (χ1n) is 9.10. The number of hydrogen-bond donors (Lipinski definition) is 3. The molecule has 1 aromatic heterocycles. The lowest BCUT2D eigenvalue weighted by molar-refractivity contribution is -0.0200. The van der Waals surface area contributed by atoms with E-state index in [1.807, 2.05) is 12.3 Å². The number of amides is 2. The summed E-state index contributed by atoms with van der Waals surface area (Å²) in [6.45, 7) is 6.10. The topological polar surface area (TPSA) is 88.9 Å². The van der Waals surface area contributed by atoms with Crippen LogP contribution in [0.15, 0.2) is 5.38 Å². The second-order valence-electron chi connectivity index (χ2n) is 7.05. The molecule has 1 atom stereocenters. The summed E-state index contributed by atoms with van der Waals surface area (Å²) in [6, 6.07) is -0.0459. The van der Waals surface area contributed by atoms with Gasteiger partial charge in [0, 0.05) is 38.1 Å². The van der Waals surface area contributed by atoms with Crippen LogP contribution in [0.1, 0.15) is 43.3 Å². The number of nitrogens with zero attached hydrogens (tertiary/aromatic N) is 3. The molecule has 2 saturated heterocycles. The lowest BCUT2D eigenvalue weighted by atomic mass is 9.89. The van der Waals surface area contributed by atoms with Crippen molar-refractivity contribution in [3.05, 3.63) is 16.1 Å². The maximum Gasteiger partial charge on any atom is 0.317 e. The van der Waals surface area contributed by atoms with E-state index in [1.54, 1.807) is 16.2 Å². The second kappa shape index (κ2) is 7.99. The van der Waals surface area contributed by atoms with Crippen molar-refractivity contribution < 1.29 is 15.0 Å². The average Bonchev–Trinajstić information content (AvgIpc) is 3.23. The van der Waals surface area contributed by atoms with Crippen molar-refractivity contribution in [3.63, 3.8) is 0 Å². The number of β-amino-alcohol motifs (C(OH)–C–C–N with tert-alkyl or cyclic N) is 1. The predicted octanol–water partition coefficient (Wildman–Crippen LogP) is 1.11. The number of nitrogens with one attached hydrogen (secondary N) is 1. The summed E-state index contributed by atoms with van der Waals surface area (Å²) in [5.41, 5.74) is -0.221. The zero-order valence-corrected chi connectivity index (χ0v) is 15.6. The first-order chi connectivity index (χ1) is 12.0. The van der Waals surface area contributed by atoms with Crippen LogP contribution in [0.2, 0.25) is 0 Å². The van der Waals surface area contributed by atoms with Gasteiger partial charge in [-0.2, -0.15) is 0 Å². The van der Waals surface area contributed by atoms with Crippen LogP contribution in [0.4, 0.5) is 4.79 Å². The minimum Gasteiger partial charge on any atom is -0.392 e. The zero-order chi connectivity index (χ0) is 17.9. The van der Waals surface area contributed by atoms with Crippen LogP contribution in [0.5, 0.6) is 0 Å². The molecule has 3 rings (SSSR count). The molecule has 0 aliphatic carbocycles. The molecule has 0 unspecified atom stereocenters. The molecule has 25 heavy (non-hydrogen) atoms. The van der Waals surface area contributed by atoms with Crippen molar-refractivity contribution in [1.82, 2.24) is 20.1 Å². The van der Waals surface area contributed by atoms with E-state index in [9.17, 15) is 15.0 Å². The average molecular weight is 369 g/mol. The molecule has 7 nitrogen and oxygen atoms in total. The van der Waals surface area contributed by atoms with Crippen molar-refractivity contribution in [2.75, 3.05) is 32.7 Å². The molecule has 2 aliphatic heterocycles. The smallest absolute Gasteiger partial charge is 0.317 e. The van der Waals surface area contributed by atoms with Gasteiger partial charge in [0.05, 0.1) is 18.3 Å². The molecule has 0 saturated carbocycles. The highest BCUT2D eigenvalue weighted by Crippen LogP contribution is 2.33. The number of carbonyl (C=O) groups is 1. The molecular formula is C17H28N4O3S. The van der Waals surface area contributed by atoms with Crippen LogP contribution in [0, 0.1) is 0 Å². The van der Waals surface area contributed by atoms with Gasteiger partial charge in [0.1, 0.15) is 10.6 Å². The number of aromatic nitrogens is 1. The van der Waals surface area contributed by atoms with Crippen molar-refractivity contribution in [1.29, 1.82) is 0 Å². The van der Waals surface area contributed by atoms with Crippen LogP contribution < -0.4 is 5.32 Å². The molecule has 0 aromatic carbocycles. The Morgan fingerprint density at radius 1 is 1.44 bits per heavy atom. The first kappa shape index (κ1) is 18.6.